The quantitative estimate of drug-likeness (QED) is 0.129. The summed E-state index contributed by atoms with van der Waals surface area (Å²) in [5.74, 6) is 0.884. The number of nitrogens with zero attached hydrogens (tertiary/aromatic N) is 1. The lowest BCUT2D eigenvalue weighted by atomic mass is 9.95. The van der Waals surface area contributed by atoms with Gasteiger partial charge in [0.1, 0.15) is 11.3 Å². The van der Waals surface area contributed by atoms with E-state index in [2.05, 4.69) is 278 Å². The zero-order valence-electron chi connectivity index (χ0n) is 38.5. The van der Waals surface area contributed by atoms with E-state index in [9.17, 15) is 0 Å². The topological polar surface area (TPSA) is 16.4 Å². The molecular weight excluding hydrogens is 847 g/mol. The van der Waals surface area contributed by atoms with Crippen LogP contribution in [0.5, 0.6) is 0 Å². The van der Waals surface area contributed by atoms with E-state index >= 15 is 0 Å². The lowest BCUT2D eigenvalue weighted by Gasteiger charge is -2.26. The van der Waals surface area contributed by atoms with Crippen LogP contribution in [0.25, 0.3) is 100 Å². The Kier molecular flexibility index (Phi) is 11.3. The average Bonchev–Trinajstić information content (AvgIpc) is 3.85. The van der Waals surface area contributed by atoms with Crippen LogP contribution >= 0.6 is 0 Å². The molecule has 330 valence electrons. The van der Waals surface area contributed by atoms with Crippen molar-refractivity contribution in [2.45, 2.75) is 0 Å². The van der Waals surface area contributed by atoms with Gasteiger partial charge in [-0.15, -0.1) is 0 Å². The first kappa shape index (κ1) is 42.1. The number of furan rings is 1. The van der Waals surface area contributed by atoms with E-state index in [1.165, 1.54) is 44.5 Å². The molecule has 2 nitrogen and oxygen atoms in total. The van der Waals surface area contributed by atoms with Crippen LogP contribution < -0.4 is 4.90 Å². The summed E-state index contributed by atoms with van der Waals surface area (Å²) >= 11 is 0. The summed E-state index contributed by atoms with van der Waals surface area (Å²) in [6.45, 7) is 0. The second-order valence-corrected chi connectivity index (χ2v) is 17.7. The molecule has 12 rings (SSSR count). The number of rotatable bonds is 11. The number of anilines is 3. The molecule has 0 radical (unpaired) electrons. The predicted octanol–water partition coefficient (Wildman–Crippen LogP) is 19.2. The van der Waals surface area contributed by atoms with Crippen molar-refractivity contribution in [1.82, 2.24) is 0 Å². The van der Waals surface area contributed by atoms with Crippen LogP contribution in [0.4, 0.5) is 17.1 Å². The van der Waals surface area contributed by atoms with Gasteiger partial charge in [0, 0.05) is 33.6 Å². The maximum Gasteiger partial charge on any atom is 0.143 e. The minimum absolute atomic E-state index is 0.884. The standard InChI is InChI=1S/C68H47NO/c1-4-13-48(14-5-1)50-23-27-52(28-24-50)55-35-41-62(42-36-55)69(63-43-37-56(38-44-63)53-29-25-51(26-30-53)49-15-6-2-7-16-49)64-45-39-57(40-46-64)54-31-33-58(34-32-54)60-19-12-20-61(47-60)68-67(59-17-8-3-9-18-59)65-21-10-11-22-66(65)70-68/h1-47H. The molecule has 0 fully saturated rings. The predicted molar refractivity (Wildman–Crippen MR) is 294 cm³/mol. The molecule has 12 aromatic rings. The van der Waals surface area contributed by atoms with Gasteiger partial charge in [-0.2, -0.15) is 0 Å². The van der Waals surface area contributed by atoms with E-state index in [1.54, 1.807) is 0 Å². The molecule has 0 amide bonds. The summed E-state index contributed by atoms with van der Waals surface area (Å²) in [5.41, 5.74) is 21.6. The molecule has 1 aromatic heterocycles. The largest absolute Gasteiger partial charge is 0.455 e. The molecule has 0 aliphatic heterocycles. The molecule has 0 aliphatic carbocycles. The Labute approximate surface area is 409 Å². The van der Waals surface area contributed by atoms with Gasteiger partial charge < -0.3 is 9.32 Å². The zero-order valence-corrected chi connectivity index (χ0v) is 38.5. The van der Waals surface area contributed by atoms with Crippen LogP contribution in [-0.4, -0.2) is 0 Å². The summed E-state index contributed by atoms with van der Waals surface area (Å²) < 4.78 is 6.57. The maximum atomic E-state index is 6.57. The van der Waals surface area contributed by atoms with Gasteiger partial charge in [-0.3, -0.25) is 0 Å². The van der Waals surface area contributed by atoms with Crippen molar-refractivity contribution in [2.75, 3.05) is 4.90 Å². The lowest BCUT2D eigenvalue weighted by molar-refractivity contribution is 0.632. The molecule has 0 aliphatic rings. The molecule has 1 heterocycles. The van der Waals surface area contributed by atoms with Gasteiger partial charge >= 0.3 is 0 Å². The molecule has 0 N–H and O–H groups in total. The molecule has 0 saturated heterocycles. The summed E-state index contributed by atoms with van der Waals surface area (Å²) in [6.07, 6.45) is 0. The van der Waals surface area contributed by atoms with Crippen molar-refractivity contribution in [2.24, 2.45) is 0 Å². The Hall–Kier alpha value is -9.24. The number of fused-ring (bicyclic) bond motifs is 1. The molecule has 0 saturated carbocycles. The molecule has 0 unspecified atom stereocenters. The van der Waals surface area contributed by atoms with Crippen LogP contribution in [0, 0.1) is 0 Å². The fourth-order valence-electron chi connectivity index (χ4n) is 9.66. The fraction of sp³-hybridized carbons (Fsp3) is 0. The Morgan fingerprint density at radius 3 is 0.900 bits per heavy atom. The zero-order chi connectivity index (χ0) is 46.6. The molecule has 70 heavy (non-hydrogen) atoms. The summed E-state index contributed by atoms with van der Waals surface area (Å²) in [4.78, 5) is 2.34. The number of hydrogen-bond donors (Lipinski definition) is 0. The van der Waals surface area contributed by atoms with Gasteiger partial charge in [0.05, 0.1) is 0 Å². The van der Waals surface area contributed by atoms with Crippen LogP contribution in [0.3, 0.4) is 0 Å². The third kappa shape index (κ3) is 8.51. The van der Waals surface area contributed by atoms with E-state index in [0.717, 1.165) is 72.7 Å². The van der Waals surface area contributed by atoms with Crippen molar-refractivity contribution in [3.8, 4) is 89.2 Å². The molecule has 2 heteroatoms. The maximum absolute atomic E-state index is 6.57. The number of para-hydroxylation sites is 1. The highest BCUT2D eigenvalue weighted by atomic mass is 16.3. The summed E-state index contributed by atoms with van der Waals surface area (Å²) in [6, 6.07) is 102. The van der Waals surface area contributed by atoms with Crippen LogP contribution in [0.15, 0.2) is 290 Å². The van der Waals surface area contributed by atoms with Gasteiger partial charge in [0.25, 0.3) is 0 Å². The third-order valence-electron chi connectivity index (χ3n) is 13.4. The minimum atomic E-state index is 0.884. The van der Waals surface area contributed by atoms with Gasteiger partial charge in [-0.1, -0.05) is 237 Å². The first-order valence-electron chi connectivity index (χ1n) is 23.9. The molecule has 0 atom stereocenters. The van der Waals surface area contributed by atoms with Crippen molar-refractivity contribution in [3.63, 3.8) is 0 Å². The Bertz CT molecular complexity index is 3550. The van der Waals surface area contributed by atoms with E-state index in [-0.39, 0.29) is 0 Å². The fourth-order valence-corrected chi connectivity index (χ4v) is 9.66. The highest BCUT2D eigenvalue weighted by Gasteiger charge is 2.19. The van der Waals surface area contributed by atoms with Gasteiger partial charge in [0.2, 0.25) is 0 Å². The smallest absolute Gasteiger partial charge is 0.143 e. The normalized spacial score (nSPS) is 11.1. The van der Waals surface area contributed by atoms with Gasteiger partial charge in [-0.05, 0) is 121 Å². The molecule has 0 spiro atoms. The van der Waals surface area contributed by atoms with Crippen LogP contribution in [0.1, 0.15) is 0 Å². The molecule has 0 bridgehead atoms. The Morgan fingerprint density at radius 2 is 0.500 bits per heavy atom. The lowest BCUT2D eigenvalue weighted by Crippen LogP contribution is -2.09. The van der Waals surface area contributed by atoms with E-state index in [1.807, 2.05) is 12.1 Å². The van der Waals surface area contributed by atoms with E-state index in [0.29, 0.717) is 0 Å². The minimum Gasteiger partial charge on any atom is -0.455 e. The Balaban J connectivity index is 0.830. The van der Waals surface area contributed by atoms with E-state index in [4.69, 9.17) is 4.42 Å². The van der Waals surface area contributed by atoms with Crippen molar-refractivity contribution in [3.05, 3.63) is 285 Å². The second-order valence-electron chi connectivity index (χ2n) is 17.7. The van der Waals surface area contributed by atoms with Crippen molar-refractivity contribution >= 4 is 28.0 Å². The second kappa shape index (κ2) is 18.8. The van der Waals surface area contributed by atoms with Gasteiger partial charge in [-0.25, -0.2) is 0 Å². The SMILES string of the molecule is c1ccc(-c2ccc(-c3ccc(N(c4ccc(-c5ccc(-c6ccccc6)cc5)cc4)c4ccc(-c5ccc(-c6cccc(-c7oc8ccccc8c7-c7ccccc7)c6)cc5)cc4)cc3)cc2)cc1. The highest BCUT2D eigenvalue weighted by Crippen LogP contribution is 2.43. The van der Waals surface area contributed by atoms with Crippen LogP contribution in [0.2, 0.25) is 0 Å². The average molecular weight is 894 g/mol. The van der Waals surface area contributed by atoms with Crippen molar-refractivity contribution in [1.29, 1.82) is 0 Å². The summed E-state index contributed by atoms with van der Waals surface area (Å²) in [7, 11) is 0. The summed E-state index contributed by atoms with van der Waals surface area (Å²) in [5, 5.41) is 1.12. The Morgan fingerprint density at radius 1 is 0.214 bits per heavy atom. The molecular formula is C68H47NO. The van der Waals surface area contributed by atoms with Crippen LogP contribution in [-0.2, 0) is 0 Å². The highest BCUT2D eigenvalue weighted by molar-refractivity contribution is 6.02. The molecule has 11 aromatic carbocycles. The van der Waals surface area contributed by atoms with Crippen molar-refractivity contribution < 1.29 is 4.42 Å². The van der Waals surface area contributed by atoms with E-state index < -0.39 is 0 Å². The monoisotopic (exact) mass is 893 g/mol. The number of hydrogen-bond acceptors (Lipinski definition) is 2. The first-order valence-corrected chi connectivity index (χ1v) is 23.9. The van der Waals surface area contributed by atoms with Gasteiger partial charge in [0.15, 0.2) is 0 Å². The third-order valence-corrected chi connectivity index (χ3v) is 13.4. The number of benzene rings is 11. The first-order chi connectivity index (χ1) is 34.7.